The Bertz CT molecular complexity index is 1190. The van der Waals surface area contributed by atoms with Gasteiger partial charge < -0.3 is 5.73 Å². The molecule has 4 nitrogen and oxygen atoms in total. The molecule has 0 aliphatic heterocycles. The Morgan fingerprint density at radius 2 is 1.19 bits per heavy atom. The van der Waals surface area contributed by atoms with Crippen LogP contribution < -0.4 is 5.73 Å². The van der Waals surface area contributed by atoms with Crippen LogP contribution in [0.5, 0.6) is 0 Å². The van der Waals surface area contributed by atoms with Crippen molar-refractivity contribution in [2.45, 2.75) is 0 Å². The number of hydrogen-bond donors (Lipinski definition) is 1. The van der Waals surface area contributed by atoms with Crippen LogP contribution in [0.3, 0.4) is 0 Å². The van der Waals surface area contributed by atoms with E-state index in [2.05, 4.69) is 9.97 Å². The number of fused-ring (bicyclic) bond motifs is 3. The first-order valence-electron chi connectivity index (χ1n) is 8.70. The zero-order valence-electron chi connectivity index (χ0n) is 14.4. The topological polar surface area (TPSA) is 68.9 Å². The zero-order valence-corrected chi connectivity index (χ0v) is 14.4. The van der Waals surface area contributed by atoms with Gasteiger partial charge in [0.05, 0.1) is 17.0 Å². The third-order valence-electron chi connectivity index (χ3n) is 4.83. The minimum Gasteiger partial charge on any atom is -0.368 e. The van der Waals surface area contributed by atoms with Crippen molar-refractivity contribution in [2.24, 2.45) is 0 Å². The summed E-state index contributed by atoms with van der Waals surface area (Å²) in [5.41, 5.74) is 12.1. The van der Waals surface area contributed by atoms with E-state index in [4.69, 9.17) is 5.73 Å². The molecule has 5 rings (SSSR count). The van der Waals surface area contributed by atoms with Crippen molar-refractivity contribution in [1.82, 2.24) is 9.97 Å². The van der Waals surface area contributed by atoms with E-state index in [-0.39, 0.29) is 11.7 Å². The van der Waals surface area contributed by atoms with Crippen molar-refractivity contribution >= 4 is 11.7 Å². The Labute approximate surface area is 156 Å². The van der Waals surface area contributed by atoms with E-state index in [1.807, 2.05) is 78.9 Å². The largest absolute Gasteiger partial charge is 0.368 e. The van der Waals surface area contributed by atoms with Crippen LogP contribution >= 0.6 is 0 Å². The molecule has 128 valence electrons. The number of nitrogen functional groups attached to an aromatic ring is 1. The highest BCUT2D eigenvalue weighted by atomic mass is 16.1. The predicted octanol–water partition coefficient (Wildman–Crippen LogP) is 4.60. The molecule has 0 saturated carbocycles. The molecule has 0 amide bonds. The van der Waals surface area contributed by atoms with Gasteiger partial charge in [-0.3, -0.25) is 4.79 Å². The highest BCUT2D eigenvalue weighted by molar-refractivity contribution is 6.25. The van der Waals surface area contributed by atoms with Gasteiger partial charge in [-0.2, -0.15) is 0 Å². The molecule has 4 heteroatoms. The third-order valence-corrected chi connectivity index (χ3v) is 4.83. The number of nitrogens with zero attached hydrogens (tertiary/aromatic N) is 2. The summed E-state index contributed by atoms with van der Waals surface area (Å²) in [6.45, 7) is 0. The maximum absolute atomic E-state index is 13.3. The van der Waals surface area contributed by atoms with E-state index >= 15 is 0 Å². The van der Waals surface area contributed by atoms with Gasteiger partial charge in [0, 0.05) is 16.7 Å². The van der Waals surface area contributed by atoms with Crippen molar-refractivity contribution in [2.75, 3.05) is 5.73 Å². The van der Waals surface area contributed by atoms with Crippen molar-refractivity contribution in [3.63, 3.8) is 0 Å². The van der Waals surface area contributed by atoms with Crippen LogP contribution in [-0.2, 0) is 0 Å². The smallest absolute Gasteiger partial charge is 0.221 e. The molecule has 0 atom stereocenters. The number of anilines is 1. The van der Waals surface area contributed by atoms with E-state index < -0.39 is 0 Å². The monoisotopic (exact) mass is 349 g/mol. The number of nitrogens with two attached hydrogens (primary N) is 1. The van der Waals surface area contributed by atoms with Crippen LogP contribution in [0.15, 0.2) is 78.9 Å². The predicted molar refractivity (Wildman–Crippen MR) is 106 cm³/mol. The lowest BCUT2D eigenvalue weighted by Gasteiger charge is -2.10. The van der Waals surface area contributed by atoms with Gasteiger partial charge >= 0.3 is 0 Å². The summed E-state index contributed by atoms with van der Waals surface area (Å²) < 4.78 is 0. The molecule has 1 aliphatic rings. The summed E-state index contributed by atoms with van der Waals surface area (Å²) in [7, 11) is 0. The number of carbonyl (C=O) groups is 1. The van der Waals surface area contributed by atoms with Crippen molar-refractivity contribution < 1.29 is 4.79 Å². The Kier molecular flexibility index (Phi) is 3.37. The molecule has 4 aromatic rings. The number of carbonyl (C=O) groups excluding carboxylic acids is 1. The second kappa shape index (κ2) is 5.88. The van der Waals surface area contributed by atoms with Crippen LogP contribution in [-0.4, -0.2) is 15.8 Å². The maximum atomic E-state index is 13.3. The molecule has 0 unspecified atom stereocenters. The molecule has 1 aliphatic carbocycles. The normalized spacial score (nSPS) is 11.9. The second-order valence-electron chi connectivity index (χ2n) is 6.44. The molecule has 1 aromatic heterocycles. The number of hydrogen-bond acceptors (Lipinski definition) is 4. The Morgan fingerprint density at radius 1 is 0.593 bits per heavy atom. The fourth-order valence-corrected chi connectivity index (χ4v) is 3.67. The van der Waals surface area contributed by atoms with Crippen LogP contribution in [0.4, 0.5) is 5.95 Å². The minimum absolute atomic E-state index is 0.0587. The van der Waals surface area contributed by atoms with Gasteiger partial charge in [0.1, 0.15) is 0 Å². The van der Waals surface area contributed by atoms with Crippen molar-refractivity contribution in [3.05, 3.63) is 90.0 Å². The molecule has 0 spiro atoms. The Morgan fingerprint density at radius 3 is 1.89 bits per heavy atom. The average molecular weight is 349 g/mol. The summed E-state index contributed by atoms with van der Waals surface area (Å²) in [6, 6.07) is 25.4. The lowest BCUT2D eigenvalue weighted by molar-refractivity contribution is 0.104. The SMILES string of the molecule is Nc1nc(-c2ccccc2)c2c(n1)-c1c(cccc1-c1ccccc1)C2=O. The van der Waals surface area contributed by atoms with Crippen LogP contribution in [0.2, 0.25) is 0 Å². The molecular formula is C23H15N3O. The summed E-state index contributed by atoms with van der Waals surface area (Å²) in [6.07, 6.45) is 0. The maximum Gasteiger partial charge on any atom is 0.221 e. The third kappa shape index (κ3) is 2.34. The second-order valence-corrected chi connectivity index (χ2v) is 6.44. The molecule has 0 fully saturated rings. The molecule has 0 saturated heterocycles. The molecule has 2 N–H and O–H groups in total. The van der Waals surface area contributed by atoms with Gasteiger partial charge in [0.15, 0.2) is 5.78 Å². The average Bonchev–Trinajstić information content (AvgIpc) is 3.01. The first-order valence-corrected chi connectivity index (χ1v) is 8.70. The van der Waals surface area contributed by atoms with Gasteiger partial charge in [0.25, 0.3) is 0 Å². The Balaban J connectivity index is 1.84. The van der Waals surface area contributed by atoms with Gasteiger partial charge in [-0.05, 0) is 11.1 Å². The van der Waals surface area contributed by atoms with Gasteiger partial charge in [0.2, 0.25) is 5.95 Å². The lowest BCUT2D eigenvalue weighted by atomic mass is 9.96. The van der Waals surface area contributed by atoms with Crippen LogP contribution in [0.1, 0.15) is 15.9 Å². The minimum atomic E-state index is -0.0587. The van der Waals surface area contributed by atoms with E-state index in [9.17, 15) is 4.79 Å². The molecule has 3 aromatic carbocycles. The van der Waals surface area contributed by atoms with Gasteiger partial charge in [-0.25, -0.2) is 9.97 Å². The molecule has 1 heterocycles. The van der Waals surface area contributed by atoms with Gasteiger partial charge in [-0.1, -0.05) is 78.9 Å². The number of rotatable bonds is 2. The Hall–Kier alpha value is -3.79. The van der Waals surface area contributed by atoms with Crippen LogP contribution in [0.25, 0.3) is 33.6 Å². The first-order chi connectivity index (χ1) is 13.2. The summed E-state index contributed by atoms with van der Waals surface area (Å²) in [5, 5.41) is 0. The highest BCUT2D eigenvalue weighted by Gasteiger charge is 2.34. The highest BCUT2D eigenvalue weighted by Crippen LogP contribution is 2.44. The van der Waals surface area contributed by atoms with Crippen molar-refractivity contribution in [1.29, 1.82) is 0 Å². The quantitative estimate of drug-likeness (QED) is 0.505. The lowest BCUT2D eigenvalue weighted by Crippen LogP contribution is -2.05. The number of ketones is 1. The summed E-state index contributed by atoms with van der Waals surface area (Å²) in [5.74, 6) is 0.104. The standard InChI is InChI=1S/C23H15N3O/c24-23-25-20(15-10-5-2-6-11-15)19-21(26-23)18-16(14-8-3-1-4-9-14)12-7-13-17(18)22(19)27/h1-13H,(H2,24,25,26). The van der Waals surface area contributed by atoms with E-state index in [0.717, 1.165) is 22.3 Å². The molecule has 27 heavy (non-hydrogen) atoms. The van der Waals surface area contributed by atoms with E-state index in [1.165, 1.54) is 0 Å². The first kappa shape index (κ1) is 15.5. The summed E-state index contributed by atoms with van der Waals surface area (Å²) >= 11 is 0. The fourth-order valence-electron chi connectivity index (χ4n) is 3.67. The zero-order chi connectivity index (χ0) is 18.4. The molecule has 0 bridgehead atoms. The number of benzene rings is 3. The van der Waals surface area contributed by atoms with Crippen LogP contribution in [0, 0.1) is 0 Å². The molecule has 0 radical (unpaired) electrons. The van der Waals surface area contributed by atoms with E-state index in [0.29, 0.717) is 22.5 Å². The fraction of sp³-hybridized carbons (Fsp3) is 0. The molecular weight excluding hydrogens is 334 g/mol. The van der Waals surface area contributed by atoms with E-state index in [1.54, 1.807) is 0 Å². The summed E-state index contributed by atoms with van der Waals surface area (Å²) in [4.78, 5) is 22.1. The van der Waals surface area contributed by atoms with Crippen molar-refractivity contribution in [3.8, 4) is 33.6 Å². The van der Waals surface area contributed by atoms with Gasteiger partial charge in [-0.15, -0.1) is 0 Å². The number of aromatic nitrogens is 2.